The molecular formula is C22H18N2O2S. The molecule has 134 valence electrons. The summed E-state index contributed by atoms with van der Waals surface area (Å²) < 4.78 is 28.5. The standard InChI is InChI=1S/C22H18N2O2S/c1-16-11-13-19(14-12-16)27(25,26)24-21-15-18-9-5-6-10-20(18)23-22(21)17-7-3-2-4-8-17/h2-15,24H,1H3. The third kappa shape index (κ3) is 3.55. The summed E-state index contributed by atoms with van der Waals surface area (Å²) in [5, 5.41) is 0.874. The lowest BCUT2D eigenvalue weighted by molar-refractivity contribution is 0.601. The molecule has 3 aromatic carbocycles. The molecule has 4 rings (SSSR count). The monoisotopic (exact) mass is 374 g/mol. The summed E-state index contributed by atoms with van der Waals surface area (Å²) in [5.41, 5.74) is 3.73. The number of rotatable bonds is 4. The number of para-hydroxylation sites is 1. The molecule has 0 saturated heterocycles. The molecule has 4 nitrogen and oxygen atoms in total. The SMILES string of the molecule is Cc1ccc(S(=O)(=O)Nc2cc3ccccc3nc2-c2ccccc2)cc1. The highest BCUT2D eigenvalue weighted by atomic mass is 32.2. The molecule has 0 aliphatic heterocycles. The molecule has 4 aromatic rings. The summed E-state index contributed by atoms with van der Waals surface area (Å²) in [6, 6.07) is 25.8. The third-order valence-electron chi connectivity index (χ3n) is 4.35. The molecule has 0 atom stereocenters. The van der Waals surface area contributed by atoms with Crippen molar-refractivity contribution in [3.63, 3.8) is 0 Å². The zero-order valence-corrected chi connectivity index (χ0v) is 15.6. The molecule has 0 unspecified atom stereocenters. The van der Waals surface area contributed by atoms with Crippen molar-refractivity contribution in [2.45, 2.75) is 11.8 Å². The van der Waals surface area contributed by atoms with E-state index in [4.69, 9.17) is 4.98 Å². The van der Waals surface area contributed by atoms with Crippen molar-refractivity contribution in [3.8, 4) is 11.3 Å². The first-order valence-electron chi connectivity index (χ1n) is 8.58. The minimum Gasteiger partial charge on any atom is -0.277 e. The second kappa shape index (κ2) is 6.85. The zero-order chi connectivity index (χ0) is 18.9. The number of benzene rings is 3. The maximum absolute atomic E-state index is 12.9. The van der Waals surface area contributed by atoms with Gasteiger partial charge in [0.05, 0.1) is 21.8 Å². The summed E-state index contributed by atoms with van der Waals surface area (Å²) in [5.74, 6) is 0. The van der Waals surface area contributed by atoms with Gasteiger partial charge in [0.2, 0.25) is 0 Å². The van der Waals surface area contributed by atoms with Crippen LogP contribution in [-0.4, -0.2) is 13.4 Å². The molecule has 0 aliphatic carbocycles. The van der Waals surface area contributed by atoms with Gasteiger partial charge in [-0.05, 0) is 31.2 Å². The van der Waals surface area contributed by atoms with E-state index in [0.29, 0.717) is 11.4 Å². The first-order valence-corrected chi connectivity index (χ1v) is 10.1. The quantitative estimate of drug-likeness (QED) is 0.546. The van der Waals surface area contributed by atoms with Crippen molar-refractivity contribution < 1.29 is 8.42 Å². The number of anilines is 1. The molecular weight excluding hydrogens is 356 g/mol. The average molecular weight is 374 g/mol. The van der Waals surface area contributed by atoms with Crippen molar-refractivity contribution in [1.82, 2.24) is 4.98 Å². The summed E-state index contributed by atoms with van der Waals surface area (Å²) in [7, 11) is -3.72. The van der Waals surface area contributed by atoms with Gasteiger partial charge in [0.25, 0.3) is 10.0 Å². The molecule has 0 fully saturated rings. The van der Waals surface area contributed by atoms with E-state index in [0.717, 1.165) is 22.0 Å². The first-order chi connectivity index (χ1) is 13.0. The lowest BCUT2D eigenvalue weighted by Crippen LogP contribution is -2.14. The second-order valence-electron chi connectivity index (χ2n) is 6.36. The smallest absolute Gasteiger partial charge is 0.261 e. The van der Waals surface area contributed by atoms with Crippen LogP contribution >= 0.6 is 0 Å². The fourth-order valence-electron chi connectivity index (χ4n) is 2.93. The summed E-state index contributed by atoms with van der Waals surface area (Å²) in [6.07, 6.45) is 0. The molecule has 0 bridgehead atoms. The van der Waals surface area contributed by atoms with Crippen LogP contribution in [0.15, 0.2) is 89.8 Å². The minimum absolute atomic E-state index is 0.222. The molecule has 0 aliphatic rings. The number of nitrogens with zero attached hydrogens (tertiary/aromatic N) is 1. The van der Waals surface area contributed by atoms with Crippen molar-refractivity contribution in [3.05, 3.63) is 90.5 Å². The first kappa shape index (κ1) is 17.2. The summed E-state index contributed by atoms with van der Waals surface area (Å²) >= 11 is 0. The van der Waals surface area contributed by atoms with Crippen LogP contribution in [-0.2, 0) is 10.0 Å². The molecule has 0 saturated carbocycles. The maximum Gasteiger partial charge on any atom is 0.261 e. The van der Waals surface area contributed by atoms with Crippen LogP contribution in [0.3, 0.4) is 0 Å². The predicted octanol–water partition coefficient (Wildman–Crippen LogP) is 5.01. The van der Waals surface area contributed by atoms with Gasteiger partial charge >= 0.3 is 0 Å². The lowest BCUT2D eigenvalue weighted by Gasteiger charge is -2.14. The van der Waals surface area contributed by atoms with E-state index >= 15 is 0 Å². The van der Waals surface area contributed by atoms with Crippen molar-refractivity contribution in [2.75, 3.05) is 4.72 Å². The van der Waals surface area contributed by atoms with E-state index in [1.807, 2.05) is 67.6 Å². The summed E-state index contributed by atoms with van der Waals surface area (Å²) in [4.78, 5) is 4.93. The Kier molecular flexibility index (Phi) is 4.38. The molecule has 0 amide bonds. The van der Waals surface area contributed by atoms with Crippen LogP contribution in [0.4, 0.5) is 5.69 Å². The molecule has 1 aromatic heterocycles. The van der Waals surface area contributed by atoms with Gasteiger partial charge in [0.1, 0.15) is 0 Å². The van der Waals surface area contributed by atoms with Gasteiger partial charge in [0, 0.05) is 10.9 Å². The van der Waals surface area contributed by atoms with E-state index < -0.39 is 10.0 Å². The number of aryl methyl sites for hydroxylation is 1. The van der Waals surface area contributed by atoms with E-state index in [2.05, 4.69) is 4.72 Å². The summed E-state index contributed by atoms with van der Waals surface area (Å²) in [6.45, 7) is 1.92. The molecule has 1 heterocycles. The van der Waals surface area contributed by atoms with Crippen molar-refractivity contribution in [2.24, 2.45) is 0 Å². The van der Waals surface area contributed by atoms with Gasteiger partial charge in [-0.3, -0.25) is 4.72 Å². The number of aromatic nitrogens is 1. The number of nitrogens with one attached hydrogen (secondary N) is 1. The van der Waals surface area contributed by atoms with Gasteiger partial charge < -0.3 is 0 Å². The Labute approximate surface area is 158 Å². The van der Waals surface area contributed by atoms with Crippen LogP contribution in [0.2, 0.25) is 0 Å². The van der Waals surface area contributed by atoms with Crippen LogP contribution in [0.25, 0.3) is 22.2 Å². The Morgan fingerprint density at radius 2 is 1.48 bits per heavy atom. The van der Waals surface area contributed by atoms with Crippen LogP contribution < -0.4 is 4.72 Å². The highest BCUT2D eigenvalue weighted by molar-refractivity contribution is 7.92. The number of sulfonamides is 1. The zero-order valence-electron chi connectivity index (χ0n) is 14.8. The van der Waals surface area contributed by atoms with Gasteiger partial charge in [-0.1, -0.05) is 66.2 Å². The van der Waals surface area contributed by atoms with Gasteiger partial charge in [0.15, 0.2) is 0 Å². The maximum atomic E-state index is 12.9. The Morgan fingerprint density at radius 3 is 2.22 bits per heavy atom. The highest BCUT2D eigenvalue weighted by Crippen LogP contribution is 2.31. The van der Waals surface area contributed by atoms with Gasteiger partial charge in [-0.25, -0.2) is 13.4 Å². The average Bonchev–Trinajstić information content (AvgIpc) is 2.68. The Hall–Kier alpha value is -3.18. The predicted molar refractivity (Wildman–Crippen MR) is 109 cm³/mol. The van der Waals surface area contributed by atoms with Gasteiger partial charge in [-0.2, -0.15) is 0 Å². The highest BCUT2D eigenvalue weighted by Gasteiger charge is 2.18. The van der Waals surface area contributed by atoms with Gasteiger partial charge in [-0.15, -0.1) is 0 Å². The van der Waals surface area contributed by atoms with E-state index in [1.165, 1.54) is 0 Å². The van der Waals surface area contributed by atoms with E-state index in [1.54, 1.807) is 24.3 Å². The number of fused-ring (bicyclic) bond motifs is 1. The fraction of sp³-hybridized carbons (Fsp3) is 0.0455. The number of pyridine rings is 1. The Morgan fingerprint density at radius 1 is 0.815 bits per heavy atom. The normalized spacial score (nSPS) is 11.4. The lowest BCUT2D eigenvalue weighted by atomic mass is 10.1. The minimum atomic E-state index is -3.72. The van der Waals surface area contributed by atoms with Crippen LogP contribution in [0, 0.1) is 6.92 Å². The molecule has 27 heavy (non-hydrogen) atoms. The van der Waals surface area contributed by atoms with E-state index in [-0.39, 0.29) is 4.90 Å². The third-order valence-corrected chi connectivity index (χ3v) is 5.73. The number of hydrogen-bond donors (Lipinski definition) is 1. The second-order valence-corrected chi connectivity index (χ2v) is 8.04. The van der Waals surface area contributed by atoms with Crippen molar-refractivity contribution >= 4 is 26.6 Å². The Balaban J connectivity index is 1.86. The molecule has 1 N–H and O–H groups in total. The fourth-order valence-corrected chi connectivity index (χ4v) is 3.99. The number of hydrogen-bond acceptors (Lipinski definition) is 3. The molecule has 5 heteroatoms. The Bertz CT molecular complexity index is 1200. The van der Waals surface area contributed by atoms with Crippen molar-refractivity contribution in [1.29, 1.82) is 0 Å². The largest absolute Gasteiger partial charge is 0.277 e. The topological polar surface area (TPSA) is 59.1 Å². The molecule has 0 radical (unpaired) electrons. The van der Waals surface area contributed by atoms with Crippen LogP contribution in [0.1, 0.15) is 5.56 Å². The molecule has 0 spiro atoms. The van der Waals surface area contributed by atoms with E-state index in [9.17, 15) is 8.42 Å². The van der Waals surface area contributed by atoms with Crippen LogP contribution in [0.5, 0.6) is 0 Å².